The van der Waals surface area contributed by atoms with E-state index in [0.717, 1.165) is 50.0 Å². The number of benzene rings is 2. The lowest BCUT2D eigenvalue weighted by Crippen LogP contribution is -2.47. The van der Waals surface area contributed by atoms with E-state index < -0.39 is 0 Å². The van der Waals surface area contributed by atoms with Gasteiger partial charge in [-0.25, -0.2) is 13.6 Å². The van der Waals surface area contributed by atoms with Gasteiger partial charge in [0.25, 0.3) is 0 Å². The second-order valence-corrected chi connectivity index (χ2v) is 9.01. The van der Waals surface area contributed by atoms with Gasteiger partial charge in [-0.05, 0) is 41.8 Å². The summed E-state index contributed by atoms with van der Waals surface area (Å²) in [7, 11) is 1.63. The fourth-order valence-electron chi connectivity index (χ4n) is 4.66. The maximum atomic E-state index is 13.4. The maximum Gasteiger partial charge on any atom is 0.410 e. The smallest absolute Gasteiger partial charge is 0.410 e. The Hall–Kier alpha value is -2.55. The largest absolute Gasteiger partial charge is 0.441 e. The monoisotopic (exact) mass is 474 g/mol. The number of carbonyl (C=O) groups is 1. The average molecular weight is 475 g/mol. The molecule has 0 aliphatic carbocycles. The molecule has 6 nitrogen and oxygen atoms in total. The summed E-state index contributed by atoms with van der Waals surface area (Å²) in [5.74, 6) is -0.613. The van der Waals surface area contributed by atoms with E-state index in [2.05, 4.69) is 4.90 Å². The molecule has 0 saturated carbocycles. The summed E-state index contributed by atoms with van der Waals surface area (Å²) in [5.41, 5.74) is 1.27. The topological polar surface area (TPSA) is 51.2 Å². The molecule has 1 spiro atoms. The third-order valence-corrected chi connectivity index (χ3v) is 6.62. The number of hydrogen-bond acceptors (Lipinski definition) is 5. The number of halogens is 2. The van der Waals surface area contributed by atoms with Gasteiger partial charge in [0.2, 0.25) is 0 Å². The number of methoxy groups -OCH3 is 1. The Labute approximate surface area is 199 Å². The number of hydrogen-bond donors (Lipinski definition) is 0. The summed E-state index contributed by atoms with van der Waals surface area (Å²) in [4.78, 5) is 16.3. The SMILES string of the molecule is COCCN1CC2(CCN(CCCOC(c3ccc(F)cc3)c3ccc(F)cc3)CC2)OC1=O. The Morgan fingerprint density at radius 1 is 0.941 bits per heavy atom. The molecular weight excluding hydrogens is 442 g/mol. The molecule has 2 heterocycles. The second-order valence-electron chi connectivity index (χ2n) is 9.01. The van der Waals surface area contributed by atoms with Crippen LogP contribution in [-0.2, 0) is 14.2 Å². The van der Waals surface area contributed by atoms with Crippen molar-refractivity contribution in [2.75, 3.05) is 53.0 Å². The van der Waals surface area contributed by atoms with Crippen LogP contribution < -0.4 is 0 Å². The van der Waals surface area contributed by atoms with E-state index in [1.807, 2.05) is 0 Å². The first-order valence-electron chi connectivity index (χ1n) is 11.8. The van der Waals surface area contributed by atoms with Gasteiger partial charge in [-0.3, -0.25) is 0 Å². The Kier molecular flexibility index (Phi) is 8.13. The molecular formula is C26H32F2N2O4. The molecule has 2 fully saturated rings. The zero-order valence-corrected chi connectivity index (χ0v) is 19.6. The number of piperidine rings is 1. The molecule has 2 aliphatic rings. The van der Waals surface area contributed by atoms with E-state index in [1.54, 1.807) is 36.3 Å². The van der Waals surface area contributed by atoms with Gasteiger partial charge in [0.1, 0.15) is 23.3 Å². The van der Waals surface area contributed by atoms with Crippen molar-refractivity contribution in [3.05, 3.63) is 71.3 Å². The highest BCUT2D eigenvalue weighted by Gasteiger charge is 2.46. The molecule has 0 unspecified atom stereocenters. The lowest BCUT2D eigenvalue weighted by molar-refractivity contribution is -0.00257. The van der Waals surface area contributed by atoms with Crippen molar-refractivity contribution in [2.24, 2.45) is 0 Å². The summed E-state index contributed by atoms with van der Waals surface area (Å²) in [6.45, 7) is 4.81. The fraction of sp³-hybridized carbons (Fsp3) is 0.500. The molecule has 34 heavy (non-hydrogen) atoms. The highest BCUT2D eigenvalue weighted by atomic mass is 19.1. The predicted molar refractivity (Wildman–Crippen MR) is 124 cm³/mol. The van der Waals surface area contributed by atoms with Crippen LogP contribution in [0, 0.1) is 11.6 Å². The number of carbonyl (C=O) groups excluding carboxylic acids is 1. The summed E-state index contributed by atoms with van der Waals surface area (Å²) in [6.07, 6.45) is 1.83. The zero-order valence-electron chi connectivity index (χ0n) is 19.6. The lowest BCUT2D eigenvalue weighted by atomic mass is 9.91. The van der Waals surface area contributed by atoms with Gasteiger partial charge in [-0.2, -0.15) is 0 Å². The molecule has 0 aromatic heterocycles. The van der Waals surface area contributed by atoms with Gasteiger partial charge in [-0.15, -0.1) is 0 Å². The van der Waals surface area contributed by atoms with E-state index >= 15 is 0 Å². The molecule has 2 aromatic carbocycles. The number of amides is 1. The molecule has 0 radical (unpaired) electrons. The first-order valence-corrected chi connectivity index (χ1v) is 11.8. The Balaban J connectivity index is 1.25. The normalized spacial score (nSPS) is 18.1. The third kappa shape index (κ3) is 6.11. The molecule has 0 bridgehead atoms. The van der Waals surface area contributed by atoms with Crippen LogP contribution in [0.5, 0.6) is 0 Å². The first-order chi connectivity index (χ1) is 16.5. The number of nitrogens with zero attached hydrogens (tertiary/aromatic N) is 2. The zero-order chi connectivity index (χ0) is 24.0. The van der Waals surface area contributed by atoms with Crippen molar-refractivity contribution in [3.8, 4) is 0 Å². The van der Waals surface area contributed by atoms with Crippen molar-refractivity contribution >= 4 is 6.09 Å². The van der Waals surface area contributed by atoms with Crippen molar-refractivity contribution in [1.29, 1.82) is 0 Å². The quantitative estimate of drug-likeness (QED) is 0.478. The number of ether oxygens (including phenoxy) is 3. The number of likely N-dealkylation sites (tertiary alicyclic amines) is 1. The third-order valence-electron chi connectivity index (χ3n) is 6.62. The van der Waals surface area contributed by atoms with Crippen LogP contribution in [0.4, 0.5) is 13.6 Å². The minimum absolute atomic E-state index is 0.244. The van der Waals surface area contributed by atoms with Crippen molar-refractivity contribution in [3.63, 3.8) is 0 Å². The van der Waals surface area contributed by atoms with Crippen molar-refractivity contribution in [2.45, 2.75) is 31.0 Å². The van der Waals surface area contributed by atoms with E-state index in [4.69, 9.17) is 14.2 Å². The molecule has 2 saturated heterocycles. The van der Waals surface area contributed by atoms with Crippen molar-refractivity contribution in [1.82, 2.24) is 9.80 Å². The highest BCUT2D eigenvalue weighted by Crippen LogP contribution is 2.33. The molecule has 184 valence electrons. The minimum atomic E-state index is -0.387. The van der Waals surface area contributed by atoms with Crippen LogP contribution in [0.3, 0.4) is 0 Å². The van der Waals surface area contributed by atoms with Crippen molar-refractivity contribution < 1.29 is 27.8 Å². The molecule has 0 atom stereocenters. The van der Waals surface area contributed by atoms with Crippen LogP contribution >= 0.6 is 0 Å². The van der Waals surface area contributed by atoms with Gasteiger partial charge < -0.3 is 24.0 Å². The predicted octanol–water partition coefficient (Wildman–Crippen LogP) is 4.39. The summed E-state index contributed by atoms with van der Waals surface area (Å²) in [5, 5.41) is 0. The minimum Gasteiger partial charge on any atom is -0.441 e. The van der Waals surface area contributed by atoms with Crippen LogP contribution in [0.15, 0.2) is 48.5 Å². The summed E-state index contributed by atoms with van der Waals surface area (Å²) in [6, 6.07) is 12.4. The van der Waals surface area contributed by atoms with Crippen LogP contribution in [0.25, 0.3) is 0 Å². The van der Waals surface area contributed by atoms with Crippen LogP contribution in [0.2, 0.25) is 0 Å². The Morgan fingerprint density at radius 2 is 1.53 bits per heavy atom. The fourth-order valence-corrected chi connectivity index (χ4v) is 4.66. The highest BCUT2D eigenvalue weighted by molar-refractivity contribution is 5.70. The molecule has 0 N–H and O–H groups in total. The van der Waals surface area contributed by atoms with Crippen LogP contribution in [-0.4, -0.2) is 74.5 Å². The van der Waals surface area contributed by atoms with E-state index in [1.165, 1.54) is 24.3 Å². The first kappa shape index (κ1) is 24.6. The molecule has 2 aromatic rings. The molecule has 8 heteroatoms. The standard InChI is InChI=1S/C26H32F2N2O4/c1-32-18-16-30-19-26(34-25(30)31)11-14-29(15-12-26)13-2-17-33-24(20-3-7-22(27)8-4-20)21-5-9-23(28)10-6-21/h3-10,24H,2,11-19H2,1H3. The van der Waals surface area contributed by atoms with Gasteiger partial charge in [0.05, 0.1) is 13.2 Å². The van der Waals surface area contributed by atoms with Gasteiger partial charge >= 0.3 is 6.09 Å². The Bertz CT molecular complexity index is 885. The Morgan fingerprint density at radius 3 is 2.09 bits per heavy atom. The lowest BCUT2D eigenvalue weighted by Gasteiger charge is -2.37. The van der Waals surface area contributed by atoms with Gasteiger partial charge in [0.15, 0.2) is 0 Å². The summed E-state index contributed by atoms with van der Waals surface area (Å²) < 4.78 is 43.8. The van der Waals surface area contributed by atoms with Gasteiger partial charge in [0, 0.05) is 52.7 Å². The van der Waals surface area contributed by atoms with E-state index in [-0.39, 0.29) is 29.4 Å². The van der Waals surface area contributed by atoms with E-state index in [0.29, 0.717) is 26.3 Å². The van der Waals surface area contributed by atoms with Gasteiger partial charge in [-0.1, -0.05) is 24.3 Å². The molecule has 2 aliphatic heterocycles. The second kappa shape index (κ2) is 11.3. The number of rotatable bonds is 10. The van der Waals surface area contributed by atoms with E-state index in [9.17, 15) is 13.6 Å². The average Bonchev–Trinajstić information content (AvgIpc) is 3.15. The molecule has 4 rings (SSSR count). The van der Waals surface area contributed by atoms with Crippen LogP contribution in [0.1, 0.15) is 36.5 Å². The maximum absolute atomic E-state index is 13.4. The summed E-state index contributed by atoms with van der Waals surface area (Å²) >= 11 is 0. The molecule has 1 amide bonds.